The standard InChI is InChI=1S/C43H36N2O10/c1-25-19-29(44(46)47)15-17-35(25)54-41-37(50-3)21-27(22-38(41)51-4)43(33-13-9-7-11-31(33)32-12-8-10-14-34(32)43)28-23-39(52-5)42(40(24-28)53-6)55-36-18-16-30(45(48)49)20-26(36)2/h7-24H,1-6H3. The number of aryl methyl sites for hydroxylation is 2. The average Bonchev–Trinajstić information content (AvgIpc) is 3.50. The Labute approximate surface area is 316 Å². The molecule has 7 rings (SSSR count). The van der Waals surface area contributed by atoms with Crippen LogP contribution in [-0.2, 0) is 5.41 Å². The topological polar surface area (TPSA) is 142 Å². The van der Waals surface area contributed by atoms with E-state index in [9.17, 15) is 20.2 Å². The lowest BCUT2D eigenvalue weighted by Crippen LogP contribution is -2.29. The van der Waals surface area contributed by atoms with E-state index in [1.807, 2.05) is 48.5 Å². The molecule has 0 radical (unpaired) electrons. The Hall–Kier alpha value is -7.08. The van der Waals surface area contributed by atoms with E-state index in [1.54, 1.807) is 26.0 Å². The van der Waals surface area contributed by atoms with Crippen molar-refractivity contribution in [3.8, 4) is 57.1 Å². The molecule has 0 saturated heterocycles. The molecule has 0 saturated carbocycles. The second-order valence-electron chi connectivity index (χ2n) is 12.9. The minimum absolute atomic E-state index is 0.0511. The highest BCUT2D eigenvalue weighted by molar-refractivity contribution is 5.87. The Kier molecular flexibility index (Phi) is 9.49. The van der Waals surface area contributed by atoms with Crippen molar-refractivity contribution in [1.82, 2.24) is 0 Å². The summed E-state index contributed by atoms with van der Waals surface area (Å²) in [7, 11) is 6.15. The molecule has 0 unspecified atom stereocenters. The summed E-state index contributed by atoms with van der Waals surface area (Å²) < 4.78 is 36.8. The number of nitro benzene ring substituents is 2. The van der Waals surface area contributed by atoms with Gasteiger partial charge in [0.05, 0.1) is 43.7 Å². The molecule has 0 atom stereocenters. The Morgan fingerprint density at radius 1 is 0.473 bits per heavy atom. The van der Waals surface area contributed by atoms with Crippen molar-refractivity contribution in [2.45, 2.75) is 19.3 Å². The van der Waals surface area contributed by atoms with Crippen LogP contribution < -0.4 is 28.4 Å². The highest BCUT2D eigenvalue weighted by Crippen LogP contribution is 2.60. The summed E-state index contributed by atoms with van der Waals surface area (Å²) in [5.74, 6) is 2.82. The first-order valence-electron chi connectivity index (χ1n) is 17.1. The number of nitrogens with zero attached hydrogens (tertiary/aromatic N) is 2. The highest BCUT2D eigenvalue weighted by Gasteiger charge is 2.47. The number of hydrogen-bond donors (Lipinski definition) is 0. The molecule has 6 aromatic carbocycles. The Morgan fingerprint density at radius 3 is 1.13 bits per heavy atom. The number of methoxy groups -OCH3 is 4. The zero-order chi connectivity index (χ0) is 39.0. The van der Waals surface area contributed by atoms with Gasteiger partial charge in [0.15, 0.2) is 23.0 Å². The van der Waals surface area contributed by atoms with E-state index in [-0.39, 0.29) is 22.9 Å². The predicted molar refractivity (Wildman–Crippen MR) is 206 cm³/mol. The lowest BCUT2D eigenvalue weighted by Gasteiger charge is -2.35. The third kappa shape index (κ3) is 6.07. The molecule has 1 aliphatic carbocycles. The molecule has 0 aromatic heterocycles. The fraction of sp³-hybridized carbons (Fsp3) is 0.163. The summed E-state index contributed by atoms with van der Waals surface area (Å²) in [6, 6.07) is 32.7. The van der Waals surface area contributed by atoms with Gasteiger partial charge in [0, 0.05) is 24.3 Å². The van der Waals surface area contributed by atoms with E-state index in [0.29, 0.717) is 45.6 Å². The quantitative estimate of drug-likeness (QED) is 0.0877. The van der Waals surface area contributed by atoms with Gasteiger partial charge in [0.2, 0.25) is 11.5 Å². The van der Waals surface area contributed by atoms with Gasteiger partial charge in [-0.05, 0) is 94.8 Å². The summed E-state index contributed by atoms with van der Waals surface area (Å²) in [5.41, 5.74) is 5.56. The maximum atomic E-state index is 11.4. The van der Waals surface area contributed by atoms with Crippen LogP contribution in [0.15, 0.2) is 109 Å². The minimum Gasteiger partial charge on any atom is -0.493 e. The van der Waals surface area contributed by atoms with Crippen molar-refractivity contribution in [3.63, 3.8) is 0 Å². The van der Waals surface area contributed by atoms with Crippen LogP contribution >= 0.6 is 0 Å². The van der Waals surface area contributed by atoms with E-state index in [2.05, 4.69) is 24.3 Å². The Bertz CT molecular complexity index is 2270. The summed E-state index contributed by atoms with van der Waals surface area (Å²) in [6.45, 7) is 3.46. The van der Waals surface area contributed by atoms with E-state index < -0.39 is 15.3 Å². The Balaban J connectivity index is 1.47. The summed E-state index contributed by atoms with van der Waals surface area (Å²) in [4.78, 5) is 21.9. The average molecular weight is 741 g/mol. The molecule has 0 heterocycles. The third-order valence-electron chi connectivity index (χ3n) is 9.90. The SMILES string of the molecule is COc1cc(C2(c3cc(OC)c(Oc4ccc([N+](=O)[O-])cc4C)c(OC)c3)c3ccccc3-c3ccccc32)cc(OC)c1Oc1ccc([N+](=O)[O-])cc1C. The van der Waals surface area contributed by atoms with Crippen LogP contribution in [-0.4, -0.2) is 38.3 Å². The van der Waals surface area contributed by atoms with Crippen LogP contribution in [0.1, 0.15) is 33.4 Å². The van der Waals surface area contributed by atoms with Crippen molar-refractivity contribution in [2.24, 2.45) is 0 Å². The van der Waals surface area contributed by atoms with E-state index in [1.165, 1.54) is 52.7 Å². The maximum absolute atomic E-state index is 11.4. The fourth-order valence-corrected chi connectivity index (χ4v) is 7.36. The zero-order valence-electron chi connectivity index (χ0n) is 30.9. The van der Waals surface area contributed by atoms with Crippen LogP contribution in [0.2, 0.25) is 0 Å². The van der Waals surface area contributed by atoms with Crippen LogP contribution in [0.5, 0.6) is 46.0 Å². The molecule has 0 amide bonds. The molecule has 6 aromatic rings. The molecule has 0 fully saturated rings. The number of non-ortho nitro benzene ring substituents is 2. The van der Waals surface area contributed by atoms with Gasteiger partial charge in [0.1, 0.15) is 11.5 Å². The predicted octanol–water partition coefficient (Wildman–Crippen LogP) is 10.1. The number of rotatable bonds is 12. The molecule has 12 heteroatoms. The van der Waals surface area contributed by atoms with Crippen LogP contribution in [0.3, 0.4) is 0 Å². The molecule has 1 aliphatic rings. The maximum Gasteiger partial charge on any atom is 0.269 e. The number of fused-ring (bicyclic) bond motifs is 3. The number of ether oxygens (including phenoxy) is 6. The minimum atomic E-state index is -1.00. The first-order valence-corrected chi connectivity index (χ1v) is 17.1. The van der Waals surface area contributed by atoms with Crippen molar-refractivity contribution < 1.29 is 38.3 Å². The molecule has 0 N–H and O–H groups in total. The molecule has 0 aliphatic heterocycles. The van der Waals surface area contributed by atoms with E-state index >= 15 is 0 Å². The first kappa shape index (κ1) is 36.3. The lowest BCUT2D eigenvalue weighted by molar-refractivity contribution is -0.385. The number of benzene rings is 6. The van der Waals surface area contributed by atoms with E-state index in [0.717, 1.165) is 33.4 Å². The number of nitro groups is 2. The summed E-state index contributed by atoms with van der Waals surface area (Å²) in [5, 5.41) is 22.8. The molecule has 12 nitrogen and oxygen atoms in total. The van der Waals surface area contributed by atoms with Crippen molar-refractivity contribution in [1.29, 1.82) is 0 Å². The molecule has 278 valence electrons. The second-order valence-corrected chi connectivity index (χ2v) is 12.9. The van der Waals surface area contributed by atoms with Gasteiger partial charge in [-0.25, -0.2) is 0 Å². The van der Waals surface area contributed by atoms with Gasteiger partial charge >= 0.3 is 0 Å². The first-order chi connectivity index (χ1) is 26.5. The Morgan fingerprint density at radius 2 is 0.818 bits per heavy atom. The van der Waals surface area contributed by atoms with Gasteiger partial charge < -0.3 is 28.4 Å². The lowest BCUT2D eigenvalue weighted by atomic mass is 9.67. The third-order valence-corrected chi connectivity index (χ3v) is 9.90. The fourth-order valence-electron chi connectivity index (χ4n) is 7.36. The smallest absolute Gasteiger partial charge is 0.269 e. The summed E-state index contributed by atoms with van der Waals surface area (Å²) >= 11 is 0. The van der Waals surface area contributed by atoms with Gasteiger partial charge in [0.25, 0.3) is 11.4 Å². The van der Waals surface area contributed by atoms with E-state index in [4.69, 9.17) is 28.4 Å². The molecular formula is C43H36N2O10. The molecular weight excluding hydrogens is 704 g/mol. The van der Waals surface area contributed by atoms with Crippen molar-refractivity contribution in [3.05, 3.63) is 163 Å². The normalized spacial score (nSPS) is 12.3. The molecule has 0 spiro atoms. The largest absolute Gasteiger partial charge is 0.493 e. The van der Waals surface area contributed by atoms with Gasteiger partial charge in [-0.3, -0.25) is 20.2 Å². The van der Waals surface area contributed by atoms with Crippen LogP contribution in [0.25, 0.3) is 11.1 Å². The van der Waals surface area contributed by atoms with Gasteiger partial charge in [-0.1, -0.05) is 48.5 Å². The summed E-state index contributed by atoms with van der Waals surface area (Å²) in [6.07, 6.45) is 0. The highest BCUT2D eigenvalue weighted by atomic mass is 16.6. The van der Waals surface area contributed by atoms with Crippen LogP contribution in [0.4, 0.5) is 11.4 Å². The molecule has 0 bridgehead atoms. The van der Waals surface area contributed by atoms with Gasteiger partial charge in [-0.15, -0.1) is 0 Å². The van der Waals surface area contributed by atoms with Gasteiger partial charge in [-0.2, -0.15) is 0 Å². The van der Waals surface area contributed by atoms with Crippen molar-refractivity contribution >= 4 is 11.4 Å². The van der Waals surface area contributed by atoms with Crippen molar-refractivity contribution in [2.75, 3.05) is 28.4 Å². The monoisotopic (exact) mass is 740 g/mol. The van der Waals surface area contributed by atoms with Crippen LogP contribution in [0, 0.1) is 34.1 Å². The zero-order valence-corrected chi connectivity index (χ0v) is 30.9. The number of hydrogen-bond acceptors (Lipinski definition) is 10. The second kappa shape index (κ2) is 14.4. The molecule has 55 heavy (non-hydrogen) atoms.